The molecule has 3 rings (SSSR count). The van der Waals surface area contributed by atoms with E-state index in [-0.39, 0.29) is 17.9 Å². The lowest BCUT2D eigenvalue weighted by atomic mass is 10.1. The summed E-state index contributed by atoms with van der Waals surface area (Å²) in [5, 5.41) is 3.23. The van der Waals surface area contributed by atoms with Gasteiger partial charge in [-0.3, -0.25) is 9.69 Å². The molecule has 1 aromatic heterocycles. The van der Waals surface area contributed by atoms with Gasteiger partial charge in [0.15, 0.2) is 0 Å². The van der Waals surface area contributed by atoms with E-state index in [0.29, 0.717) is 32.7 Å². The van der Waals surface area contributed by atoms with Crippen molar-refractivity contribution in [3.05, 3.63) is 18.0 Å². The first-order valence-corrected chi connectivity index (χ1v) is 8.20. The summed E-state index contributed by atoms with van der Waals surface area (Å²) in [5.74, 6) is 0.347. The summed E-state index contributed by atoms with van der Waals surface area (Å²) in [6, 6.07) is -0.164. The number of aromatic nitrogens is 2. The van der Waals surface area contributed by atoms with Crippen molar-refractivity contribution in [2.24, 2.45) is 0 Å². The zero-order chi connectivity index (χ0) is 18.0. The normalized spacial score (nSPS) is 23.0. The molecule has 7 nitrogen and oxygen atoms in total. The zero-order valence-electron chi connectivity index (χ0n) is 14.0. The standard InChI is InChI=1S/C15H21F3N6O/c1-22-3-2-19-10-12(22)13(25)23-4-6-24(7-5-23)14-20-8-11(9-21-14)15(16,17)18/h8-9,12,19H,2-7,10H2,1H3. The Morgan fingerprint density at radius 2 is 1.80 bits per heavy atom. The van der Waals surface area contributed by atoms with Gasteiger partial charge in [0.25, 0.3) is 0 Å². The summed E-state index contributed by atoms with van der Waals surface area (Å²) in [4.78, 5) is 25.9. The molecular formula is C15H21F3N6O. The average Bonchev–Trinajstić information content (AvgIpc) is 2.61. The Balaban J connectivity index is 1.57. The van der Waals surface area contributed by atoms with Crippen LogP contribution in [0.5, 0.6) is 0 Å². The second-order valence-electron chi connectivity index (χ2n) is 6.28. The van der Waals surface area contributed by atoms with Gasteiger partial charge in [-0.2, -0.15) is 13.2 Å². The fraction of sp³-hybridized carbons (Fsp3) is 0.667. The Morgan fingerprint density at radius 1 is 1.16 bits per heavy atom. The number of anilines is 1. The molecule has 0 radical (unpaired) electrons. The maximum atomic E-state index is 12.6. The van der Waals surface area contributed by atoms with Crippen LogP contribution in [0.3, 0.4) is 0 Å². The molecule has 0 aliphatic carbocycles. The highest BCUT2D eigenvalue weighted by Crippen LogP contribution is 2.28. The molecule has 3 heterocycles. The van der Waals surface area contributed by atoms with Gasteiger partial charge < -0.3 is 15.1 Å². The Hall–Kier alpha value is -1.94. The first kappa shape index (κ1) is 17.9. The van der Waals surface area contributed by atoms with Gasteiger partial charge in [0.1, 0.15) is 6.04 Å². The highest BCUT2D eigenvalue weighted by molar-refractivity contribution is 5.82. The number of halogens is 3. The van der Waals surface area contributed by atoms with Crippen molar-refractivity contribution in [3.63, 3.8) is 0 Å². The Morgan fingerprint density at radius 3 is 2.36 bits per heavy atom. The van der Waals surface area contributed by atoms with E-state index in [0.717, 1.165) is 25.5 Å². The molecule has 1 unspecified atom stereocenters. The van der Waals surface area contributed by atoms with E-state index in [1.165, 1.54) is 0 Å². The second-order valence-corrected chi connectivity index (χ2v) is 6.28. The number of hydrogen-bond acceptors (Lipinski definition) is 6. The summed E-state index contributed by atoms with van der Waals surface area (Å²) in [6.07, 6.45) is -2.85. The van der Waals surface area contributed by atoms with Crippen LogP contribution in [0.15, 0.2) is 12.4 Å². The van der Waals surface area contributed by atoms with Crippen LogP contribution >= 0.6 is 0 Å². The molecule has 0 aromatic carbocycles. The largest absolute Gasteiger partial charge is 0.419 e. The van der Waals surface area contributed by atoms with Gasteiger partial charge in [0.2, 0.25) is 11.9 Å². The predicted octanol–water partition coefficient (Wildman–Crippen LogP) is 0.0476. The molecule has 2 aliphatic heterocycles. The number of piperazine rings is 2. The highest BCUT2D eigenvalue weighted by atomic mass is 19.4. The van der Waals surface area contributed by atoms with Gasteiger partial charge in [-0.15, -0.1) is 0 Å². The molecule has 0 spiro atoms. The first-order valence-electron chi connectivity index (χ1n) is 8.20. The van der Waals surface area contributed by atoms with Gasteiger partial charge in [0, 0.05) is 58.2 Å². The van der Waals surface area contributed by atoms with E-state index in [9.17, 15) is 18.0 Å². The number of nitrogens with one attached hydrogen (secondary N) is 1. The summed E-state index contributed by atoms with van der Waals surface area (Å²) < 4.78 is 37.7. The zero-order valence-corrected chi connectivity index (χ0v) is 14.0. The average molecular weight is 358 g/mol. The van der Waals surface area contributed by atoms with E-state index >= 15 is 0 Å². The van der Waals surface area contributed by atoms with E-state index in [1.807, 2.05) is 11.9 Å². The summed E-state index contributed by atoms with van der Waals surface area (Å²) in [5.41, 5.74) is -0.863. The fourth-order valence-electron chi connectivity index (χ4n) is 3.05. The van der Waals surface area contributed by atoms with Crippen LogP contribution in [0.4, 0.5) is 19.1 Å². The van der Waals surface area contributed by atoms with Crippen LogP contribution in [0.1, 0.15) is 5.56 Å². The molecule has 2 saturated heterocycles. The van der Waals surface area contributed by atoms with E-state index < -0.39 is 11.7 Å². The minimum Gasteiger partial charge on any atom is -0.338 e. The van der Waals surface area contributed by atoms with Crippen molar-refractivity contribution in [1.82, 2.24) is 25.1 Å². The van der Waals surface area contributed by atoms with Crippen LogP contribution in [-0.4, -0.2) is 84.6 Å². The topological polar surface area (TPSA) is 64.6 Å². The Bertz CT molecular complexity index is 600. The van der Waals surface area contributed by atoms with Crippen LogP contribution in [-0.2, 0) is 11.0 Å². The van der Waals surface area contributed by atoms with Crippen molar-refractivity contribution in [2.45, 2.75) is 12.2 Å². The minimum absolute atomic E-state index is 0.0858. The number of carbonyl (C=O) groups is 1. The number of hydrogen-bond donors (Lipinski definition) is 1. The number of alkyl halides is 3. The van der Waals surface area contributed by atoms with E-state index in [2.05, 4.69) is 15.3 Å². The second kappa shape index (κ2) is 7.12. The summed E-state index contributed by atoms with van der Waals surface area (Å²) in [6.45, 7) is 4.36. The molecule has 10 heteroatoms. The van der Waals surface area contributed by atoms with Crippen LogP contribution in [0, 0.1) is 0 Å². The maximum Gasteiger partial charge on any atom is 0.419 e. The third-order valence-electron chi connectivity index (χ3n) is 4.64. The van der Waals surface area contributed by atoms with Crippen LogP contribution in [0.25, 0.3) is 0 Å². The Kier molecular flexibility index (Phi) is 5.09. The Labute approximate surface area is 143 Å². The molecular weight excluding hydrogens is 337 g/mol. The summed E-state index contributed by atoms with van der Waals surface area (Å²) >= 11 is 0. The highest BCUT2D eigenvalue weighted by Gasteiger charge is 2.33. The molecule has 1 N–H and O–H groups in total. The molecule has 0 saturated carbocycles. The number of carbonyl (C=O) groups excluding carboxylic acids is 1. The summed E-state index contributed by atoms with van der Waals surface area (Å²) in [7, 11) is 1.94. The molecule has 2 fully saturated rings. The molecule has 25 heavy (non-hydrogen) atoms. The van der Waals surface area contributed by atoms with Crippen LogP contribution in [0.2, 0.25) is 0 Å². The third-order valence-corrected chi connectivity index (χ3v) is 4.64. The number of likely N-dealkylation sites (N-methyl/N-ethyl adjacent to an activating group) is 1. The smallest absolute Gasteiger partial charge is 0.338 e. The molecule has 1 atom stereocenters. The van der Waals surface area contributed by atoms with E-state index in [4.69, 9.17) is 0 Å². The quantitative estimate of drug-likeness (QED) is 0.806. The van der Waals surface area contributed by atoms with E-state index in [1.54, 1.807) is 9.80 Å². The minimum atomic E-state index is -4.44. The SMILES string of the molecule is CN1CCNCC1C(=O)N1CCN(c2ncc(C(F)(F)F)cn2)CC1. The number of amides is 1. The van der Waals surface area contributed by atoms with Crippen molar-refractivity contribution >= 4 is 11.9 Å². The van der Waals surface area contributed by atoms with Gasteiger partial charge in [-0.05, 0) is 7.05 Å². The van der Waals surface area contributed by atoms with Gasteiger partial charge >= 0.3 is 6.18 Å². The van der Waals surface area contributed by atoms with Gasteiger partial charge in [-0.1, -0.05) is 0 Å². The molecule has 1 amide bonds. The third kappa shape index (κ3) is 4.01. The first-order chi connectivity index (χ1) is 11.9. The van der Waals surface area contributed by atoms with Gasteiger partial charge in [0.05, 0.1) is 5.56 Å². The van der Waals surface area contributed by atoms with Crippen molar-refractivity contribution in [1.29, 1.82) is 0 Å². The van der Waals surface area contributed by atoms with Crippen LogP contribution < -0.4 is 10.2 Å². The lowest BCUT2D eigenvalue weighted by Crippen LogP contribution is -2.60. The predicted molar refractivity (Wildman–Crippen MR) is 85.1 cm³/mol. The lowest BCUT2D eigenvalue weighted by molar-refractivity contribution is -0.138. The molecule has 0 bridgehead atoms. The van der Waals surface area contributed by atoms with Crippen molar-refractivity contribution in [3.8, 4) is 0 Å². The van der Waals surface area contributed by atoms with Gasteiger partial charge in [-0.25, -0.2) is 9.97 Å². The fourth-order valence-corrected chi connectivity index (χ4v) is 3.05. The molecule has 138 valence electrons. The molecule has 2 aliphatic rings. The monoisotopic (exact) mass is 358 g/mol. The maximum absolute atomic E-state index is 12.6. The molecule has 1 aromatic rings. The van der Waals surface area contributed by atoms with Crippen molar-refractivity contribution in [2.75, 3.05) is 57.8 Å². The number of nitrogens with zero attached hydrogens (tertiary/aromatic N) is 5. The number of rotatable bonds is 2. The lowest BCUT2D eigenvalue weighted by Gasteiger charge is -2.39. The van der Waals surface area contributed by atoms with Crippen molar-refractivity contribution < 1.29 is 18.0 Å².